The molecule has 0 aliphatic carbocycles. The molecule has 3 rings (SSSR count). The fraction of sp³-hybridized carbons (Fsp3) is 0.474. The number of aryl methyl sites for hydroxylation is 1. The lowest BCUT2D eigenvalue weighted by Gasteiger charge is -2.35. The third-order valence-electron chi connectivity index (χ3n) is 4.63. The smallest absolute Gasteiger partial charge is 0.225 e. The molecule has 1 aliphatic heterocycles. The van der Waals surface area contributed by atoms with Gasteiger partial charge in [-0.15, -0.1) is 0 Å². The van der Waals surface area contributed by atoms with Gasteiger partial charge in [-0.05, 0) is 26.0 Å². The van der Waals surface area contributed by atoms with Gasteiger partial charge in [0.2, 0.25) is 5.95 Å². The number of hydrogen-bond donors (Lipinski definition) is 1. The molecule has 1 saturated heterocycles. The van der Waals surface area contributed by atoms with E-state index in [1.54, 1.807) is 0 Å². The van der Waals surface area contributed by atoms with E-state index in [4.69, 9.17) is 4.98 Å². The van der Waals surface area contributed by atoms with Crippen LogP contribution in [0.2, 0.25) is 0 Å². The molecule has 0 spiro atoms. The summed E-state index contributed by atoms with van der Waals surface area (Å²) in [5, 5.41) is 3.44. The predicted octanol–water partition coefficient (Wildman–Crippen LogP) is 3.10. The van der Waals surface area contributed by atoms with E-state index in [2.05, 4.69) is 64.3 Å². The number of likely N-dealkylation sites (N-methyl/N-ethyl adjacent to an activating group) is 1. The summed E-state index contributed by atoms with van der Waals surface area (Å²) in [6, 6.07) is 12.7. The Bertz CT molecular complexity index is 650. The molecule has 5 nitrogen and oxygen atoms in total. The molecule has 128 valence electrons. The van der Waals surface area contributed by atoms with Crippen LogP contribution in [-0.4, -0.2) is 47.6 Å². The Hall–Kier alpha value is -2.14. The van der Waals surface area contributed by atoms with Gasteiger partial charge in [-0.1, -0.05) is 37.3 Å². The minimum absolute atomic E-state index is 0.179. The van der Waals surface area contributed by atoms with E-state index in [9.17, 15) is 0 Å². The molecule has 1 N–H and O–H groups in total. The molecule has 2 aromatic rings. The quantitative estimate of drug-likeness (QED) is 0.915. The fourth-order valence-electron chi connectivity index (χ4n) is 3.09. The molecule has 1 atom stereocenters. The topological polar surface area (TPSA) is 44.3 Å². The summed E-state index contributed by atoms with van der Waals surface area (Å²) in [5.74, 6) is 1.74. The van der Waals surface area contributed by atoms with E-state index >= 15 is 0 Å². The first-order valence-corrected chi connectivity index (χ1v) is 8.80. The van der Waals surface area contributed by atoms with Gasteiger partial charge in [-0.25, -0.2) is 4.98 Å². The Labute approximate surface area is 144 Å². The van der Waals surface area contributed by atoms with Crippen LogP contribution in [0.4, 0.5) is 11.8 Å². The number of nitrogens with one attached hydrogen (secondary N) is 1. The number of rotatable bonds is 5. The van der Waals surface area contributed by atoms with Crippen LogP contribution in [-0.2, 0) is 0 Å². The van der Waals surface area contributed by atoms with Gasteiger partial charge in [0.1, 0.15) is 5.82 Å². The molecule has 5 heteroatoms. The molecular weight excluding hydrogens is 298 g/mol. The molecule has 1 aromatic heterocycles. The molecule has 1 fully saturated rings. The summed E-state index contributed by atoms with van der Waals surface area (Å²) >= 11 is 0. The molecule has 0 radical (unpaired) electrons. The summed E-state index contributed by atoms with van der Waals surface area (Å²) in [4.78, 5) is 14.2. The Kier molecular flexibility index (Phi) is 5.30. The molecule has 1 aromatic carbocycles. The Morgan fingerprint density at radius 3 is 2.46 bits per heavy atom. The molecule has 0 bridgehead atoms. The van der Waals surface area contributed by atoms with E-state index in [1.807, 2.05) is 13.0 Å². The van der Waals surface area contributed by atoms with E-state index in [1.165, 1.54) is 5.56 Å². The summed E-state index contributed by atoms with van der Waals surface area (Å²) < 4.78 is 0. The SMILES string of the molecule is CCN1CCN(c2cc(C)nc(NC(C)c3ccccc3)n2)CC1. The maximum Gasteiger partial charge on any atom is 0.225 e. The second-order valence-corrected chi connectivity index (χ2v) is 6.39. The number of nitrogens with zero attached hydrogens (tertiary/aromatic N) is 4. The van der Waals surface area contributed by atoms with E-state index in [-0.39, 0.29) is 6.04 Å². The van der Waals surface area contributed by atoms with Crippen molar-refractivity contribution in [3.05, 3.63) is 47.7 Å². The summed E-state index contributed by atoms with van der Waals surface area (Å²) in [7, 11) is 0. The second-order valence-electron chi connectivity index (χ2n) is 6.39. The number of hydrogen-bond acceptors (Lipinski definition) is 5. The summed E-state index contributed by atoms with van der Waals surface area (Å²) in [5.41, 5.74) is 2.24. The van der Waals surface area contributed by atoms with Crippen molar-refractivity contribution in [2.45, 2.75) is 26.8 Å². The third kappa shape index (κ3) is 4.03. The van der Waals surface area contributed by atoms with Gasteiger partial charge in [-0.2, -0.15) is 4.98 Å². The lowest BCUT2D eigenvalue weighted by atomic mass is 10.1. The van der Waals surface area contributed by atoms with Crippen LogP contribution in [0.1, 0.15) is 31.1 Å². The van der Waals surface area contributed by atoms with E-state index < -0.39 is 0 Å². The van der Waals surface area contributed by atoms with Crippen molar-refractivity contribution in [2.75, 3.05) is 42.9 Å². The number of piperazine rings is 1. The highest BCUT2D eigenvalue weighted by Crippen LogP contribution is 2.20. The first-order valence-electron chi connectivity index (χ1n) is 8.80. The van der Waals surface area contributed by atoms with E-state index in [0.717, 1.165) is 44.2 Å². The van der Waals surface area contributed by atoms with Gasteiger partial charge in [-0.3, -0.25) is 0 Å². The summed E-state index contributed by atoms with van der Waals surface area (Å²) in [6.45, 7) is 11.8. The number of aromatic nitrogens is 2. The maximum atomic E-state index is 4.76. The summed E-state index contributed by atoms with van der Waals surface area (Å²) in [6.07, 6.45) is 0. The monoisotopic (exact) mass is 325 g/mol. The highest BCUT2D eigenvalue weighted by Gasteiger charge is 2.18. The van der Waals surface area contributed by atoms with Crippen molar-refractivity contribution in [3.8, 4) is 0 Å². The highest BCUT2D eigenvalue weighted by atomic mass is 15.3. The maximum absolute atomic E-state index is 4.76. The minimum Gasteiger partial charge on any atom is -0.354 e. The first-order chi connectivity index (χ1) is 11.7. The Morgan fingerprint density at radius 1 is 1.08 bits per heavy atom. The predicted molar refractivity (Wildman–Crippen MR) is 99.6 cm³/mol. The molecule has 2 heterocycles. The van der Waals surface area contributed by atoms with E-state index in [0.29, 0.717) is 5.95 Å². The zero-order chi connectivity index (χ0) is 16.9. The van der Waals surface area contributed by atoms with Crippen LogP contribution in [0.25, 0.3) is 0 Å². The van der Waals surface area contributed by atoms with Gasteiger partial charge < -0.3 is 15.1 Å². The van der Waals surface area contributed by atoms with Gasteiger partial charge in [0.15, 0.2) is 0 Å². The largest absolute Gasteiger partial charge is 0.354 e. The third-order valence-corrected chi connectivity index (χ3v) is 4.63. The average molecular weight is 325 g/mol. The number of anilines is 2. The standard InChI is InChI=1S/C19H27N5/c1-4-23-10-12-24(13-11-23)18-14-15(2)20-19(22-18)21-16(3)17-8-6-5-7-9-17/h5-9,14,16H,4,10-13H2,1-3H3,(H,20,21,22). The van der Waals surface area contributed by atoms with Gasteiger partial charge in [0, 0.05) is 37.9 Å². The van der Waals surface area contributed by atoms with Crippen molar-refractivity contribution < 1.29 is 0 Å². The lowest BCUT2D eigenvalue weighted by molar-refractivity contribution is 0.270. The lowest BCUT2D eigenvalue weighted by Crippen LogP contribution is -2.46. The van der Waals surface area contributed by atoms with Gasteiger partial charge in [0.25, 0.3) is 0 Å². The van der Waals surface area contributed by atoms with Gasteiger partial charge >= 0.3 is 0 Å². The molecule has 0 amide bonds. The molecular formula is C19H27N5. The van der Waals surface area contributed by atoms with Crippen molar-refractivity contribution in [1.82, 2.24) is 14.9 Å². The Morgan fingerprint density at radius 2 is 1.79 bits per heavy atom. The molecule has 0 saturated carbocycles. The van der Waals surface area contributed by atoms with Crippen molar-refractivity contribution >= 4 is 11.8 Å². The van der Waals surface area contributed by atoms with Crippen LogP contribution in [0.3, 0.4) is 0 Å². The normalized spacial score (nSPS) is 16.9. The first kappa shape index (κ1) is 16.7. The highest BCUT2D eigenvalue weighted by molar-refractivity contribution is 5.46. The van der Waals surface area contributed by atoms with Crippen LogP contribution >= 0.6 is 0 Å². The van der Waals surface area contributed by atoms with Crippen molar-refractivity contribution in [3.63, 3.8) is 0 Å². The zero-order valence-corrected chi connectivity index (χ0v) is 14.9. The minimum atomic E-state index is 0.179. The molecule has 1 aliphatic rings. The van der Waals surface area contributed by atoms with Crippen LogP contribution in [0, 0.1) is 6.92 Å². The number of benzene rings is 1. The zero-order valence-electron chi connectivity index (χ0n) is 14.9. The van der Waals surface area contributed by atoms with Crippen molar-refractivity contribution in [2.24, 2.45) is 0 Å². The van der Waals surface area contributed by atoms with Crippen LogP contribution in [0.15, 0.2) is 36.4 Å². The average Bonchev–Trinajstić information content (AvgIpc) is 2.62. The second kappa shape index (κ2) is 7.62. The van der Waals surface area contributed by atoms with Crippen molar-refractivity contribution in [1.29, 1.82) is 0 Å². The molecule has 24 heavy (non-hydrogen) atoms. The fourth-order valence-corrected chi connectivity index (χ4v) is 3.09. The van der Waals surface area contributed by atoms with Gasteiger partial charge in [0.05, 0.1) is 6.04 Å². The van der Waals surface area contributed by atoms with Crippen LogP contribution in [0.5, 0.6) is 0 Å². The Balaban J connectivity index is 1.72. The van der Waals surface area contributed by atoms with Crippen LogP contribution < -0.4 is 10.2 Å². The molecule has 1 unspecified atom stereocenters.